The van der Waals surface area contributed by atoms with Crippen LogP contribution < -0.4 is 5.32 Å². The second-order valence-corrected chi connectivity index (χ2v) is 4.79. The number of nitrogens with one attached hydrogen (secondary N) is 1. The maximum Gasteiger partial charge on any atom is 0.255 e. The van der Waals surface area contributed by atoms with Crippen LogP contribution in [0.15, 0.2) is 36.4 Å². The van der Waals surface area contributed by atoms with Gasteiger partial charge in [0.05, 0.1) is 10.7 Å². The van der Waals surface area contributed by atoms with E-state index in [4.69, 9.17) is 11.6 Å². The van der Waals surface area contributed by atoms with Gasteiger partial charge in [-0.25, -0.2) is 0 Å². The van der Waals surface area contributed by atoms with Crippen LogP contribution in [0.1, 0.15) is 21.5 Å². The third-order valence-corrected chi connectivity index (χ3v) is 3.23. The molecule has 0 saturated carbocycles. The summed E-state index contributed by atoms with van der Waals surface area (Å²) in [5.41, 5.74) is 2.65. The molecule has 4 heteroatoms. The van der Waals surface area contributed by atoms with Crippen LogP contribution in [0.5, 0.6) is 5.75 Å². The Morgan fingerprint density at radius 2 is 1.89 bits per heavy atom. The lowest BCUT2D eigenvalue weighted by molar-refractivity contribution is 0.102. The summed E-state index contributed by atoms with van der Waals surface area (Å²) in [6, 6.07) is 10.2. The van der Waals surface area contributed by atoms with E-state index in [1.807, 2.05) is 19.1 Å². The highest BCUT2D eigenvalue weighted by Gasteiger charge is 2.11. The van der Waals surface area contributed by atoms with Gasteiger partial charge in [0.15, 0.2) is 0 Å². The number of aryl methyl sites for hydroxylation is 2. The standard InChI is InChI=1S/C15H14ClNO2/c1-9-4-3-5-12(16)14(9)17-15(19)11-6-7-13(18)10(2)8-11/h3-8,18H,1-2H3,(H,17,19). The van der Waals surface area contributed by atoms with Gasteiger partial charge >= 0.3 is 0 Å². The number of benzene rings is 2. The van der Waals surface area contributed by atoms with E-state index in [0.717, 1.165) is 5.56 Å². The third kappa shape index (κ3) is 2.88. The minimum absolute atomic E-state index is 0.172. The lowest BCUT2D eigenvalue weighted by atomic mass is 10.1. The minimum Gasteiger partial charge on any atom is -0.508 e. The molecule has 3 nitrogen and oxygen atoms in total. The van der Waals surface area contributed by atoms with Crippen molar-refractivity contribution in [3.63, 3.8) is 0 Å². The fourth-order valence-electron chi connectivity index (χ4n) is 1.77. The molecule has 2 N–H and O–H groups in total. The number of phenols is 1. The molecule has 1 amide bonds. The quantitative estimate of drug-likeness (QED) is 0.873. The molecule has 0 aliphatic heterocycles. The van der Waals surface area contributed by atoms with Crippen molar-refractivity contribution in [1.82, 2.24) is 0 Å². The lowest BCUT2D eigenvalue weighted by Crippen LogP contribution is -2.13. The molecule has 2 aromatic carbocycles. The lowest BCUT2D eigenvalue weighted by Gasteiger charge is -2.10. The molecular weight excluding hydrogens is 262 g/mol. The first-order valence-electron chi connectivity index (χ1n) is 5.85. The zero-order valence-corrected chi connectivity index (χ0v) is 11.5. The Balaban J connectivity index is 2.28. The molecule has 0 heterocycles. The number of halogens is 1. The van der Waals surface area contributed by atoms with Gasteiger partial charge in [-0.1, -0.05) is 23.7 Å². The van der Waals surface area contributed by atoms with Crippen molar-refractivity contribution in [2.75, 3.05) is 5.32 Å². The molecule has 0 radical (unpaired) electrons. The van der Waals surface area contributed by atoms with Crippen LogP contribution in [-0.4, -0.2) is 11.0 Å². The van der Waals surface area contributed by atoms with Gasteiger partial charge in [-0.2, -0.15) is 0 Å². The van der Waals surface area contributed by atoms with Crippen molar-refractivity contribution in [2.45, 2.75) is 13.8 Å². The predicted molar refractivity (Wildman–Crippen MR) is 77.0 cm³/mol. The Hall–Kier alpha value is -2.00. The number of phenolic OH excluding ortho intramolecular Hbond substituents is 1. The van der Waals surface area contributed by atoms with Gasteiger partial charge < -0.3 is 10.4 Å². The number of hydrogen-bond donors (Lipinski definition) is 2. The van der Waals surface area contributed by atoms with Gasteiger partial charge in [0.1, 0.15) is 5.75 Å². The molecule has 2 rings (SSSR count). The van der Waals surface area contributed by atoms with Gasteiger partial charge in [0, 0.05) is 5.56 Å². The number of rotatable bonds is 2. The van der Waals surface area contributed by atoms with E-state index < -0.39 is 0 Å². The fraction of sp³-hybridized carbons (Fsp3) is 0.133. The monoisotopic (exact) mass is 275 g/mol. The summed E-state index contributed by atoms with van der Waals surface area (Å²) >= 11 is 6.06. The first-order chi connectivity index (χ1) is 8.99. The van der Waals surface area contributed by atoms with Crippen LogP contribution >= 0.6 is 11.6 Å². The largest absolute Gasteiger partial charge is 0.508 e. The average molecular weight is 276 g/mol. The minimum atomic E-state index is -0.251. The Morgan fingerprint density at radius 1 is 1.16 bits per heavy atom. The van der Waals surface area contributed by atoms with E-state index in [1.54, 1.807) is 25.1 Å². The molecule has 98 valence electrons. The van der Waals surface area contributed by atoms with E-state index >= 15 is 0 Å². The van der Waals surface area contributed by atoms with Gasteiger partial charge in [0.2, 0.25) is 0 Å². The summed E-state index contributed by atoms with van der Waals surface area (Å²) < 4.78 is 0. The van der Waals surface area contributed by atoms with Gasteiger partial charge in [-0.3, -0.25) is 4.79 Å². The molecule has 0 bridgehead atoms. The molecule has 0 unspecified atom stereocenters. The number of hydrogen-bond acceptors (Lipinski definition) is 2. The second-order valence-electron chi connectivity index (χ2n) is 4.39. The van der Waals surface area contributed by atoms with Crippen LogP contribution in [0.3, 0.4) is 0 Å². The van der Waals surface area contributed by atoms with Crippen LogP contribution in [0.4, 0.5) is 5.69 Å². The van der Waals surface area contributed by atoms with Crippen LogP contribution in [0.25, 0.3) is 0 Å². The summed E-state index contributed by atoms with van der Waals surface area (Å²) in [4.78, 5) is 12.1. The molecule has 0 saturated heterocycles. The van der Waals surface area contributed by atoms with Crippen molar-refractivity contribution in [2.24, 2.45) is 0 Å². The second kappa shape index (κ2) is 5.33. The van der Waals surface area contributed by atoms with Crippen LogP contribution in [0, 0.1) is 13.8 Å². The zero-order valence-electron chi connectivity index (χ0n) is 10.7. The summed E-state index contributed by atoms with van der Waals surface area (Å²) in [6.45, 7) is 3.62. The number of carbonyl (C=O) groups is 1. The SMILES string of the molecule is Cc1cc(C(=O)Nc2c(C)cccc2Cl)ccc1O. The van der Waals surface area contributed by atoms with Crippen molar-refractivity contribution in [1.29, 1.82) is 0 Å². The number of amides is 1. The van der Waals surface area contributed by atoms with Crippen molar-refractivity contribution >= 4 is 23.2 Å². The molecule has 2 aromatic rings. The number of carbonyl (C=O) groups excluding carboxylic acids is 1. The highest BCUT2D eigenvalue weighted by Crippen LogP contribution is 2.26. The zero-order chi connectivity index (χ0) is 14.0. The molecule has 0 fully saturated rings. The Labute approximate surface area is 116 Å². The highest BCUT2D eigenvalue weighted by atomic mass is 35.5. The van der Waals surface area contributed by atoms with Crippen LogP contribution in [0.2, 0.25) is 5.02 Å². The maximum absolute atomic E-state index is 12.1. The van der Waals surface area contributed by atoms with Crippen molar-refractivity contribution in [3.05, 3.63) is 58.1 Å². The summed E-state index contributed by atoms with van der Waals surface area (Å²) in [6.07, 6.45) is 0. The molecule has 0 aliphatic carbocycles. The van der Waals surface area contributed by atoms with Gasteiger partial charge in [0.25, 0.3) is 5.91 Å². The smallest absolute Gasteiger partial charge is 0.255 e. The van der Waals surface area contributed by atoms with E-state index in [0.29, 0.717) is 21.8 Å². The summed E-state index contributed by atoms with van der Waals surface area (Å²) in [5.74, 6) is -0.0789. The van der Waals surface area contributed by atoms with Crippen molar-refractivity contribution < 1.29 is 9.90 Å². The number of para-hydroxylation sites is 1. The van der Waals surface area contributed by atoms with E-state index in [9.17, 15) is 9.90 Å². The third-order valence-electron chi connectivity index (χ3n) is 2.92. The molecule has 0 atom stereocenters. The summed E-state index contributed by atoms with van der Waals surface area (Å²) in [7, 11) is 0. The molecule has 19 heavy (non-hydrogen) atoms. The normalized spacial score (nSPS) is 10.3. The molecular formula is C15H14ClNO2. The first kappa shape index (κ1) is 13.4. The Bertz CT molecular complexity index is 618. The molecule has 0 aliphatic rings. The first-order valence-corrected chi connectivity index (χ1v) is 6.23. The van der Waals surface area contributed by atoms with E-state index in [1.165, 1.54) is 6.07 Å². The maximum atomic E-state index is 12.1. The van der Waals surface area contributed by atoms with E-state index in [2.05, 4.69) is 5.32 Å². The number of anilines is 1. The van der Waals surface area contributed by atoms with E-state index in [-0.39, 0.29) is 11.7 Å². The average Bonchev–Trinajstić information content (AvgIpc) is 2.37. The topological polar surface area (TPSA) is 49.3 Å². The van der Waals surface area contributed by atoms with Gasteiger partial charge in [-0.05, 0) is 49.2 Å². The summed E-state index contributed by atoms with van der Waals surface area (Å²) in [5, 5.41) is 12.7. The predicted octanol–water partition coefficient (Wildman–Crippen LogP) is 3.91. The Kier molecular flexibility index (Phi) is 3.76. The molecule has 0 aromatic heterocycles. The van der Waals surface area contributed by atoms with Gasteiger partial charge in [-0.15, -0.1) is 0 Å². The van der Waals surface area contributed by atoms with Crippen LogP contribution in [-0.2, 0) is 0 Å². The highest BCUT2D eigenvalue weighted by molar-refractivity contribution is 6.34. The number of aromatic hydroxyl groups is 1. The molecule has 0 spiro atoms. The van der Waals surface area contributed by atoms with Crippen molar-refractivity contribution in [3.8, 4) is 5.75 Å². The fourth-order valence-corrected chi connectivity index (χ4v) is 2.04. The Morgan fingerprint density at radius 3 is 2.53 bits per heavy atom.